The van der Waals surface area contributed by atoms with E-state index in [1.165, 1.54) is 0 Å². The molecule has 0 bridgehead atoms. The maximum absolute atomic E-state index is 11.2. The van der Waals surface area contributed by atoms with Crippen molar-refractivity contribution in [2.75, 3.05) is 13.2 Å². The molecule has 3 N–H and O–H groups in total. The molecule has 0 saturated carbocycles. The maximum atomic E-state index is 11.2. The number of nitrogens with two attached hydrogens (primary N) is 1. The van der Waals surface area contributed by atoms with Crippen LogP contribution in [-0.2, 0) is 9.63 Å². The van der Waals surface area contributed by atoms with E-state index in [4.69, 9.17) is 10.6 Å². The number of rotatable bonds is 7. The lowest BCUT2D eigenvalue weighted by atomic mass is 10.1. The fraction of sp³-hybridized carbons (Fsp3) is 0.900. The van der Waals surface area contributed by atoms with Gasteiger partial charge in [-0.15, -0.1) is 0 Å². The number of carbonyl (C=O) groups is 1. The molecule has 1 atom stereocenters. The predicted octanol–water partition coefficient (Wildman–Crippen LogP) is 1.07. The molecule has 0 fully saturated rings. The van der Waals surface area contributed by atoms with Crippen LogP contribution < -0.4 is 11.2 Å². The Morgan fingerprint density at radius 3 is 2.57 bits per heavy atom. The third kappa shape index (κ3) is 8.01. The van der Waals surface area contributed by atoms with Crippen LogP contribution in [0.25, 0.3) is 0 Å². The van der Waals surface area contributed by atoms with E-state index in [0.29, 0.717) is 31.4 Å². The van der Waals surface area contributed by atoms with Crippen molar-refractivity contribution in [1.29, 1.82) is 0 Å². The number of hydroxylamine groups is 1. The quantitative estimate of drug-likeness (QED) is 0.607. The molecule has 0 spiro atoms. The van der Waals surface area contributed by atoms with Gasteiger partial charge in [0.15, 0.2) is 0 Å². The second kappa shape index (κ2) is 7.76. The first-order valence-corrected chi connectivity index (χ1v) is 5.17. The van der Waals surface area contributed by atoms with Crippen LogP contribution >= 0.6 is 0 Å². The number of amides is 1. The molecule has 1 unspecified atom stereocenters. The molecule has 0 aromatic heterocycles. The highest BCUT2D eigenvalue weighted by Crippen LogP contribution is 2.02. The average Bonchev–Trinajstić information content (AvgIpc) is 2.13. The first-order valence-electron chi connectivity index (χ1n) is 5.17. The number of carbonyl (C=O) groups excluding carboxylic acids is 1. The lowest BCUT2D eigenvalue weighted by Gasteiger charge is -2.09. The third-order valence-corrected chi connectivity index (χ3v) is 1.87. The maximum Gasteiger partial charge on any atom is 0.243 e. The molecule has 0 aliphatic heterocycles. The minimum Gasteiger partial charge on any atom is -0.330 e. The van der Waals surface area contributed by atoms with Crippen LogP contribution in [0.4, 0.5) is 0 Å². The molecule has 4 heteroatoms. The standard InChI is InChI=1S/C10H22N2O2/c1-8(2)7-14-12-10(13)5-4-9(3)6-11/h8-9H,4-7,11H2,1-3H3,(H,12,13). The molecule has 4 nitrogen and oxygen atoms in total. The Labute approximate surface area is 86.1 Å². The summed E-state index contributed by atoms with van der Waals surface area (Å²) in [6.45, 7) is 7.27. The van der Waals surface area contributed by atoms with E-state index < -0.39 is 0 Å². The van der Waals surface area contributed by atoms with Gasteiger partial charge in [-0.2, -0.15) is 0 Å². The second-order valence-corrected chi connectivity index (χ2v) is 4.11. The van der Waals surface area contributed by atoms with E-state index >= 15 is 0 Å². The van der Waals surface area contributed by atoms with Gasteiger partial charge in [0.1, 0.15) is 0 Å². The topological polar surface area (TPSA) is 64.3 Å². The summed E-state index contributed by atoms with van der Waals surface area (Å²) < 4.78 is 0. The van der Waals surface area contributed by atoms with Gasteiger partial charge in [-0.05, 0) is 24.8 Å². The molecule has 0 aliphatic carbocycles. The Kier molecular flexibility index (Phi) is 7.42. The molecule has 0 aliphatic rings. The Balaban J connectivity index is 3.37. The molecule has 0 radical (unpaired) electrons. The van der Waals surface area contributed by atoms with E-state index in [0.717, 1.165) is 6.42 Å². The van der Waals surface area contributed by atoms with Crippen LogP contribution in [0.5, 0.6) is 0 Å². The van der Waals surface area contributed by atoms with Crippen molar-refractivity contribution in [2.24, 2.45) is 17.6 Å². The minimum atomic E-state index is -0.0639. The van der Waals surface area contributed by atoms with E-state index in [1.807, 2.05) is 20.8 Å². The molecule has 0 aromatic carbocycles. The van der Waals surface area contributed by atoms with Crippen LogP contribution in [0.1, 0.15) is 33.6 Å². The van der Waals surface area contributed by atoms with Crippen molar-refractivity contribution >= 4 is 5.91 Å². The largest absolute Gasteiger partial charge is 0.330 e. The first-order chi connectivity index (χ1) is 6.56. The fourth-order valence-electron chi connectivity index (χ4n) is 0.835. The van der Waals surface area contributed by atoms with Crippen molar-refractivity contribution in [2.45, 2.75) is 33.6 Å². The smallest absolute Gasteiger partial charge is 0.243 e. The first kappa shape index (κ1) is 13.4. The van der Waals surface area contributed by atoms with Crippen molar-refractivity contribution in [3.05, 3.63) is 0 Å². The van der Waals surface area contributed by atoms with Gasteiger partial charge in [-0.25, -0.2) is 5.48 Å². The molecular formula is C10H22N2O2. The van der Waals surface area contributed by atoms with Gasteiger partial charge in [-0.1, -0.05) is 20.8 Å². The van der Waals surface area contributed by atoms with Crippen LogP contribution in [0.15, 0.2) is 0 Å². The average molecular weight is 202 g/mol. The van der Waals surface area contributed by atoms with E-state index in [-0.39, 0.29) is 5.91 Å². The Bertz CT molecular complexity index is 160. The lowest BCUT2D eigenvalue weighted by molar-refractivity contribution is -0.134. The van der Waals surface area contributed by atoms with Crippen molar-refractivity contribution < 1.29 is 9.63 Å². The highest BCUT2D eigenvalue weighted by molar-refractivity contribution is 5.74. The van der Waals surface area contributed by atoms with Gasteiger partial charge in [0.05, 0.1) is 6.61 Å². The lowest BCUT2D eigenvalue weighted by Crippen LogP contribution is -2.26. The fourth-order valence-corrected chi connectivity index (χ4v) is 0.835. The second-order valence-electron chi connectivity index (χ2n) is 4.11. The molecular weight excluding hydrogens is 180 g/mol. The van der Waals surface area contributed by atoms with E-state index in [2.05, 4.69) is 5.48 Å². The zero-order chi connectivity index (χ0) is 11.0. The van der Waals surface area contributed by atoms with Crippen molar-refractivity contribution in [1.82, 2.24) is 5.48 Å². The zero-order valence-corrected chi connectivity index (χ0v) is 9.38. The minimum absolute atomic E-state index is 0.0639. The molecule has 0 heterocycles. The molecule has 0 saturated heterocycles. The van der Waals surface area contributed by atoms with Gasteiger partial charge in [0.25, 0.3) is 0 Å². The zero-order valence-electron chi connectivity index (χ0n) is 9.38. The van der Waals surface area contributed by atoms with Crippen molar-refractivity contribution in [3.63, 3.8) is 0 Å². The van der Waals surface area contributed by atoms with E-state index in [1.54, 1.807) is 0 Å². The summed E-state index contributed by atoms with van der Waals surface area (Å²) in [6, 6.07) is 0. The Morgan fingerprint density at radius 1 is 1.43 bits per heavy atom. The summed E-state index contributed by atoms with van der Waals surface area (Å²) >= 11 is 0. The number of nitrogens with one attached hydrogen (secondary N) is 1. The number of hydrogen-bond donors (Lipinski definition) is 2. The highest BCUT2D eigenvalue weighted by Gasteiger charge is 2.05. The van der Waals surface area contributed by atoms with Crippen LogP contribution in [0.2, 0.25) is 0 Å². The van der Waals surface area contributed by atoms with Gasteiger partial charge < -0.3 is 5.73 Å². The van der Waals surface area contributed by atoms with Crippen LogP contribution in [-0.4, -0.2) is 19.1 Å². The van der Waals surface area contributed by atoms with Crippen LogP contribution in [0, 0.1) is 11.8 Å². The van der Waals surface area contributed by atoms with Gasteiger partial charge in [0, 0.05) is 6.42 Å². The summed E-state index contributed by atoms with van der Waals surface area (Å²) in [4.78, 5) is 16.2. The summed E-state index contributed by atoms with van der Waals surface area (Å²) in [7, 11) is 0. The summed E-state index contributed by atoms with van der Waals surface area (Å²) in [6.07, 6.45) is 1.30. The van der Waals surface area contributed by atoms with Crippen LogP contribution in [0.3, 0.4) is 0 Å². The van der Waals surface area contributed by atoms with Crippen molar-refractivity contribution in [3.8, 4) is 0 Å². The molecule has 0 aromatic rings. The van der Waals surface area contributed by atoms with Gasteiger partial charge in [0.2, 0.25) is 5.91 Å². The van der Waals surface area contributed by atoms with E-state index in [9.17, 15) is 4.79 Å². The monoisotopic (exact) mass is 202 g/mol. The molecule has 84 valence electrons. The molecule has 0 rings (SSSR count). The summed E-state index contributed by atoms with van der Waals surface area (Å²) in [5, 5.41) is 0. The number of hydrogen-bond acceptors (Lipinski definition) is 3. The summed E-state index contributed by atoms with van der Waals surface area (Å²) in [5.74, 6) is 0.759. The Hall–Kier alpha value is -0.610. The van der Waals surface area contributed by atoms with Gasteiger partial charge >= 0.3 is 0 Å². The molecule has 1 amide bonds. The Morgan fingerprint density at radius 2 is 2.07 bits per heavy atom. The normalized spacial score (nSPS) is 12.9. The SMILES string of the molecule is CC(C)CONC(=O)CCC(C)CN. The highest BCUT2D eigenvalue weighted by atomic mass is 16.6. The molecule has 14 heavy (non-hydrogen) atoms. The third-order valence-electron chi connectivity index (χ3n) is 1.87. The summed E-state index contributed by atoms with van der Waals surface area (Å²) in [5.41, 5.74) is 7.85. The van der Waals surface area contributed by atoms with Gasteiger partial charge in [-0.3, -0.25) is 9.63 Å². The predicted molar refractivity (Wildman–Crippen MR) is 56.4 cm³/mol.